The Morgan fingerprint density at radius 3 is 2.47 bits per heavy atom. The third-order valence-corrected chi connectivity index (χ3v) is 6.66. The first-order valence-electron chi connectivity index (χ1n) is 10.3. The summed E-state index contributed by atoms with van der Waals surface area (Å²) in [6.07, 6.45) is 7.91. The van der Waals surface area contributed by atoms with Gasteiger partial charge in [-0.1, -0.05) is 6.07 Å². The van der Waals surface area contributed by atoms with Crippen molar-refractivity contribution in [2.75, 3.05) is 24.2 Å². The molecule has 1 saturated heterocycles. The van der Waals surface area contributed by atoms with Gasteiger partial charge in [-0.25, -0.2) is 28.1 Å². The molecular weight excluding hydrogens is 428 g/mol. The van der Waals surface area contributed by atoms with E-state index in [1.54, 1.807) is 35.1 Å². The van der Waals surface area contributed by atoms with Crippen LogP contribution in [0.1, 0.15) is 12.8 Å². The molecule has 0 aliphatic carbocycles. The van der Waals surface area contributed by atoms with Gasteiger partial charge in [-0.3, -0.25) is 0 Å². The van der Waals surface area contributed by atoms with Crippen LogP contribution in [0.3, 0.4) is 0 Å². The summed E-state index contributed by atoms with van der Waals surface area (Å²) in [5.41, 5.74) is 1.31. The maximum Gasteiger partial charge on any atom is 0.228 e. The fraction of sp³-hybridized carbons (Fsp3) is 0.273. The Labute approximate surface area is 185 Å². The Bertz CT molecular complexity index is 1330. The van der Waals surface area contributed by atoms with Crippen molar-refractivity contribution in [1.82, 2.24) is 24.7 Å². The van der Waals surface area contributed by atoms with Gasteiger partial charge in [0.2, 0.25) is 5.88 Å². The lowest BCUT2D eigenvalue weighted by Gasteiger charge is -2.32. The molecule has 1 fully saturated rings. The molecule has 1 aromatic carbocycles. The highest BCUT2D eigenvalue weighted by atomic mass is 32.2. The molecule has 0 bridgehead atoms. The second-order valence-electron chi connectivity index (χ2n) is 7.73. The zero-order chi connectivity index (χ0) is 22.1. The van der Waals surface area contributed by atoms with Crippen LogP contribution in [0.5, 0.6) is 5.88 Å². The zero-order valence-corrected chi connectivity index (χ0v) is 18.3. The first kappa shape index (κ1) is 20.4. The Balaban J connectivity index is 1.34. The monoisotopic (exact) mass is 450 g/mol. The molecule has 164 valence electrons. The number of rotatable bonds is 5. The van der Waals surface area contributed by atoms with E-state index in [-0.39, 0.29) is 11.0 Å². The predicted octanol–water partition coefficient (Wildman–Crippen LogP) is 2.66. The minimum absolute atomic E-state index is 0.0467. The fourth-order valence-electron chi connectivity index (χ4n) is 3.84. The van der Waals surface area contributed by atoms with E-state index in [1.807, 2.05) is 24.4 Å². The smallest absolute Gasteiger partial charge is 0.228 e. The number of nitrogens with zero attached hydrogens (tertiary/aromatic N) is 6. The Kier molecular flexibility index (Phi) is 5.22. The molecule has 9 nitrogen and oxygen atoms in total. The highest BCUT2D eigenvalue weighted by Gasteiger charge is 2.23. The van der Waals surface area contributed by atoms with Gasteiger partial charge >= 0.3 is 0 Å². The van der Waals surface area contributed by atoms with E-state index in [0.29, 0.717) is 22.6 Å². The van der Waals surface area contributed by atoms with Gasteiger partial charge in [0.25, 0.3) is 0 Å². The molecule has 0 spiro atoms. The zero-order valence-electron chi connectivity index (χ0n) is 17.5. The topological polar surface area (TPSA) is 103 Å². The number of ether oxygens (including phenoxy) is 1. The van der Waals surface area contributed by atoms with Crippen LogP contribution in [0.15, 0.2) is 66.1 Å². The molecular formula is C22H22N6O3S. The Hall–Kier alpha value is -3.53. The SMILES string of the molecule is CS(=O)(=O)c1ccc(-n2ncc3c(OC4CCN(c5ccccn5)CC4)ncnc32)cc1. The molecule has 3 aromatic heterocycles. The standard InChI is InChI=1S/C22H22N6O3S/c1-32(29,30)18-7-5-16(6-8-18)28-21-19(14-26-28)22(25-15-24-21)31-17-9-12-27(13-10-17)20-4-2-3-11-23-20/h2-8,11,14-15,17H,9-10,12-13H2,1H3. The molecule has 0 saturated carbocycles. The molecule has 32 heavy (non-hydrogen) atoms. The van der Waals surface area contributed by atoms with E-state index < -0.39 is 9.84 Å². The van der Waals surface area contributed by atoms with Crippen LogP contribution in [0.2, 0.25) is 0 Å². The average molecular weight is 451 g/mol. The number of aromatic nitrogens is 5. The summed E-state index contributed by atoms with van der Waals surface area (Å²) in [6, 6.07) is 12.5. The van der Waals surface area contributed by atoms with Crippen LogP contribution >= 0.6 is 0 Å². The van der Waals surface area contributed by atoms with E-state index >= 15 is 0 Å². The molecule has 4 aromatic rings. The predicted molar refractivity (Wildman–Crippen MR) is 120 cm³/mol. The number of hydrogen-bond donors (Lipinski definition) is 0. The van der Waals surface area contributed by atoms with Crippen molar-refractivity contribution in [2.45, 2.75) is 23.8 Å². The van der Waals surface area contributed by atoms with Crippen LogP contribution in [-0.4, -0.2) is 58.6 Å². The highest BCUT2D eigenvalue weighted by molar-refractivity contribution is 7.90. The third kappa shape index (κ3) is 4.01. The number of piperidine rings is 1. The Morgan fingerprint density at radius 2 is 1.78 bits per heavy atom. The summed E-state index contributed by atoms with van der Waals surface area (Å²) in [7, 11) is -3.26. The lowest BCUT2D eigenvalue weighted by Crippen LogP contribution is -2.38. The molecule has 1 aliphatic heterocycles. The highest BCUT2D eigenvalue weighted by Crippen LogP contribution is 2.27. The van der Waals surface area contributed by atoms with Crippen LogP contribution in [0, 0.1) is 0 Å². The van der Waals surface area contributed by atoms with Crippen LogP contribution in [-0.2, 0) is 9.84 Å². The van der Waals surface area contributed by atoms with Gasteiger partial charge in [0.1, 0.15) is 23.6 Å². The maximum absolute atomic E-state index is 11.7. The number of hydrogen-bond acceptors (Lipinski definition) is 8. The van der Waals surface area contributed by atoms with Crippen LogP contribution < -0.4 is 9.64 Å². The molecule has 0 N–H and O–H groups in total. The molecule has 4 heterocycles. The second kappa shape index (κ2) is 8.19. The number of anilines is 1. The molecule has 5 rings (SSSR count). The van der Waals surface area contributed by atoms with Crippen molar-refractivity contribution in [2.24, 2.45) is 0 Å². The van der Waals surface area contributed by atoms with Crippen molar-refractivity contribution in [3.8, 4) is 11.6 Å². The molecule has 0 unspecified atom stereocenters. The number of sulfone groups is 1. The van der Waals surface area contributed by atoms with E-state index in [4.69, 9.17) is 4.74 Å². The van der Waals surface area contributed by atoms with Gasteiger partial charge in [-0.2, -0.15) is 5.10 Å². The first-order valence-corrected chi connectivity index (χ1v) is 12.2. The van der Waals surface area contributed by atoms with E-state index in [9.17, 15) is 8.42 Å². The van der Waals surface area contributed by atoms with Crippen molar-refractivity contribution in [1.29, 1.82) is 0 Å². The minimum atomic E-state index is -3.26. The van der Waals surface area contributed by atoms with Crippen molar-refractivity contribution >= 4 is 26.7 Å². The summed E-state index contributed by atoms with van der Waals surface area (Å²) in [6.45, 7) is 1.73. The molecule has 0 atom stereocenters. The van der Waals surface area contributed by atoms with E-state index in [0.717, 1.165) is 31.7 Å². The summed E-state index contributed by atoms with van der Waals surface area (Å²) < 4.78 is 31.3. The van der Waals surface area contributed by atoms with Gasteiger partial charge < -0.3 is 9.64 Å². The summed E-state index contributed by atoms with van der Waals surface area (Å²) >= 11 is 0. The summed E-state index contributed by atoms with van der Waals surface area (Å²) in [4.78, 5) is 15.6. The average Bonchev–Trinajstić information content (AvgIpc) is 3.25. The first-order chi connectivity index (χ1) is 15.5. The van der Waals surface area contributed by atoms with Crippen LogP contribution in [0.25, 0.3) is 16.7 Å². The Morgan fingerprint density at radius 1 is 1.00 bits per heavy atom. The van der Waals surface area contributed by atoms with Gasteiger partial charge in [0, 0.05) is 38.4 Å². The summed E-state index contributed by atoms with van der Waals surface area (Å²) in [5, 5.41) is 5.15. The number of benzene rings is 1. The normalized spacial score (nSPS) is 15.2. The van der Waals surface area contributed by atoms with Crippen LogP contribution in [0.4, 0.5) is 5.82 Å². The van der Waals surface area contributed by atoms with Crippen molar-refractivity contribution in [3.63, 3.8) is 0 Å². The van der Waals surface area contributed by atoms with Gasteiger partial charge in [0.05, 0.1) is 16.8 Å². The summed E-state index contributed by atoms with van der Waals surface area (Å²) in [5.74, 6) is 1.49. The lowest BCUT2D eigenvalue weighted by molar-refractivity contribution is 0.166. The van der Waals surface area contributed by atoms with Gasteiger partial charge in [-0.15, -0.1) is 0 Å². The molecule has 1 aliphatic rings. The van der Waals surface area contributed by atoms with Gasteiger partial charge in [-0.05, 0) is 36.4 Å². The lowest BCUT2D eigenvalue weighted by atomic mass is 10.1. The van der Waals surface area contributed by atoms with E-state index in [2.05, 4.69) is 25.0 Å². The minimum Gasteiger partial charge on any atom is -0.474 e. The molecule has 10 heteroatoms. The molecule has 0 amide bonds. The van der Waals surface area contributed by atoms with E-state index in [1.165, 1.54) is 12.6 Å². The quantitative estimate of drug-likeness (QED) is 0.457. The number of fused-ring (bicyclic) bond motifs is 1. The molecule has 0 radical (unpaired) electrons. The largest absolute Gasteiger partial charge is 0.474 e. The van der Waals surface area contributed by atoms with Crippen molar-refractivity contribution in [3.05, 3.63) is 61.2 Å². The fourth-order valence-corrected chi connectivity index (χ4v) is 4.47. The van der Waals surface area contributed by atoms with Crippen molar-refractivity contribution < 1.29 is 13.2 Å². The van der Waals surface area contributed by atoms with Gasteiger partial charge in [0.15, 0.2) is 15.5 Å². The second-order valence-corrected chi connectivity index (χ2v) is 9.75. The third-order valence-electron chi connectivity index (χ3n) is 5.53. The maximum atomic E-state index is 11.7. The number of pyridine rings is 1.